The first-order valence-electron chi connectivity index (χ1n) is 5.79. The highest BCUT2D eigenvalue weighted by atomic mass is 35.5. The van der Waals surface area contributed by atoms with E-state index in [0.717, 1.165) is 22.4 Å². The van der Waals surface area contributed by atoms with Crippen LogP contribution in [-0.2, 0) is 0 Å². The number of benzene rings is 1. The minimum atomic E-state index is 0.503. The van der Waals surface area contributed by atoms with Gasteiger partial charge in [-0.3, -0.25) is 5.10 Å². The number of nitrogens with zero attached hydrogens (tertiary/aromatic N) is 1. The minimum absolute atomic E-state index is 0.503. The van der Waals surface area contributed by atoms with E-state index < -0.39 is 0 Å². The van der Waals surface area contributed by atoms with E-state index in [1.54, 1.807) is 11.3 Å². The van der Waals surface area contributed by atoms with Gasteiger partial charge in [-0.25, -0.2) is 0 Å². The fourth-order valence-electron chi connectivity index (χ4n) is 2.08. The summed E-state index contributed by atoms with van der Waals surface area (Å²) in [5.41, 5.74) is 11.2. The maximum absolute atomic E-state index is 6.00. The number of aromatic amines is 1. The van der Waals surface area contributed by atoms with E-state index in [4.69, 9.17) is 17.3 Å². The highest BCUT2D eigenvalue weighted by Gasteiger charge is 2.16. The Hall–Kier alpha value is -1.78. The maximum atomic E-state index is 6.00. The van der Waals surface area contributed by atoms with Crippen LogP contribution in [0.3, 0.4) is 0 Å². The van der Waals surface area contributed by atoms with Crippen molar-refractivity contribution in [3.8, 4) is 22.4 Å². The molecule has 0 saturated carbocycles. The van der Waals surface area contributed by atoms with E-state index in [1.807, 2.05) is 24.3 Å². The van der Waals surface area contributed by atoms with E-state index in [0.29, 0.717) is 10.8 Å². The lowest BCUT2D eigenvalue weighted by Gasteiger charge is -2.04. The average Bonchev–Trinajstić information content (AvgIpc) is 2.97. The Kier molecular flexibility index (Phi) is 3.05. The van der Waals surface area contributed by atoms with Crippen LogP contribution < -0.4 is 5.73 Å². The molecule has 2 heterocycles. The second-order valence-corrected chi connectivity index (χ2v) is 5.51. The normalized spacial score (nSPS) is 10.8. The molecule has 0 unspecified atom stereocenters. The minimum Gasteiger partial charge on any atom is -0.382 e. The molecule has 19 heavy (non-hydrogen) atoms. The Morgan fingerprint density at radius 3 is 2.58 bits per heavy atom. The SMILES string of the molecule is Cc1cscc1-c1[nH]nc(N)c1-c1ccc(Cl)cc1. The molecule has 0 aliphatic rings. The first-order valence-corrected chi connectivity index (χ1v) is 7.12. The molecule has 1 aromatic carbocycles. The number of H-pyrrole nitrogens is 1. The van der Waals surface area contributed by atoms with Gasteiger partial charge in [-0.1, -0.05) is 23.7 Å². The van der Waals surface area contributed by atoms with Gasteiger partial charge in [0.05, 0.1) is 11.3 Å². The second-order valence-electron chi connectivity index (χ2n) is 4.33. The largest absolute Gasteiger partial charge is 0.382 e. The molecule has 0 spiro atoms. The van der Waals surface area contributed by atoms with Crippen molar-refractivity contribution in [2.75, 3.05) is 5.73 Å². The van der Waals surface area contributed by atoms with Gasteiger partial charge in [-0.15, -0.1) is 0 Å². The number of hydrogen-bond acceptors (Lipinski definition) is 3. The quantitative estimate of drug-likeness (QED) is 0.737. The predicted molar refractivity (Wildman–Crippen MR) is 81.5 cm³/mol. The van der Waals surface area contributed by atoms with Gasteiger partial charge >= 0.3 is 0 Å². The van der Waals surface area contributed by atoms with Crippen molar-refractivity contribution < 1.29 is 0 Å². The number of thiophene rings is 1. The molecule has 96 valence electrons. The highest BCUT2D eigenvalue weighted by Crippen LogP contribution is 2.37. The van der Waals surface area contributed by atoms with E-state index in [-0.39, 0.29) is 0 Å². The summed E-state index contributed by atoms with van der Waals surface area (Å²) in [7, 11) is 0. The third kappa shape index (κ3) is 2.13. The number of nitrogens with two attached hydrogens (primary N) is 1. The van der Waals surface area contributed by atoms with Gasteiger partial charge in [0.1, 0.15) is 0 Å². The molecule has 0 fully saturated rings. The van der Waals surface area contributed by atoms with Crippen molar-refractivity contribution in [3.63, 3.8) is 0 Å². The number of rotatable bonds is 2. The molecular formula is C14H12ClN3S. The van der Waals surface area contributed by atoms with E-state index in [1.165, 1.54) is 5.56 Å². The smallest absolute Gasteiger partial charge is 0.153 e. The molecule has 3 N–H and O–H groups in total. The lowest BCUT2D eigenvalue weighted by Crippen LogP contribution is -1.88. The van der Waals surface area contributed by atoms with Gasteiger partial charge in [0, 0.05) is 16.0 Å². The predicted octanol–water partition coefficient (Wildman–Crippen LogP) is 4.35. The standard InChI is InChI=1S/C14H12ClN3S/c1-8-6-19-7-11(8)13-12(14(16)18-17-13)9-2-4-10(15)5-3-9/h2-7H,1H3,(H3,16,17,18). The molecule has 0 radical (unpaired) electrons. The van der Waals surface area contributed by atoms with Crippen LogP contribution in [-0.4, -0.2) is 10.2 Å². The average molecular weight is 290 g/mol. The first-order chi connectivity index (χ1) is 9.16. The van der Waals surface area contributed by atoms with Crippen LogP contribution >= 0.6 is 22.9 Å². The zero-order valence-electron chi connectivity index (χ0n) is 10.3. The first kappa shape index (κ1) is 12.3. The number of nitrogen functional groups attached to an aromatic ring is 1. The summed E-state index contributed by atoms with van der Waals surface area (Å²) in [6, 6.07) is 7.62. The maximum Gasteiger partial charge on any atom is 0.153 e. The summed E-state index contributed by atoms with van der Waals surface area (Å²) in [5.74, 6) is 0.503. The van der Waals surface area contributed by atoms with Crippen LogP contribution in [0.5, 0.6) is 0 Å². The van der Waals surface area contributed by atoms with Gasteiger partial charge in [-0.2, -0.15) is 16.4 Å². The number of hydrogen-bond donors (Lipinski definition) is 2. The van der Waals surface area contributed by atoms with E-state index in [9.17, 15) is 0 Å². The molecule has 3 nitrogen and oxygen atoms in total. The lowest BCUT2D eigenvalue weighted by molar-refractivity contribution is 1.10. The third-order valence-electron chi connectivity index (χ3n) is 3.05. The molecule has 3 aromatic rings. The van der Waals surface area contributed by atoms with Gasteiger partial charge in [0.2, 0.25) is 0 Å². The summed E-state index contributed by atoms with van der Waals surface area (Å²) in [5, 5.41) is 12.1. The number of anilines is 1. The van der Waals surface area contributed by atoms with Gasteiger partial charge in [-0.05, 0) is 35.6 Å². The zero-order valence-corrected chi connectivity index (χ0v) is 11.8. The Morgan fingerprint density at radius 2 is 1.95 bits per heavy atom. The number of aromatic nitrogens is 2. The Balaban J connectivity index is 2.19. The molecular weight excluding hydrogens is 278 g/mol. The van der Waals surface area contributed by atoms with Gasteiger partial charge in [0.25, 0.3) is 0 Å². The van der Waals surface area contributed by atoms with Crippen LogP contribution in [0.4, 0.5) is 5.82 Å². The summed E-state index contributed by atoms with van der Waals surface area (Å²) < 4.78 is 0. The van der Waals surface area contributed by atoms with Crippen LogP contribution in [0.1, 0.15) is 5.56 Å². The van der Waals surface area contributed by atoms with Gasteiger partial charge in [0.15, 0.2) is 5.82 Å². The number of nitrogens with one attached hydrogen (secondary N) is 1. The van der Waals surface area contributed by atoms with Crippen LogP contribution in [0, 0.1) is 6.92 Å². The molecule has 3 rings (SSSR count). The molecule has 0 saturated heterocycles. The van der Waals surface area contributed by atoms with Gasteiger partial charge < -0.3 is 5.73 Å². The Morgan fingerprint density at radius 1 is 1.21 bits per heavy atom. The van der Waals surface area contributed by atoms with Crippen molar-refractivity contribution in [2.24, 2.45) is 0 Å². The summed E-state index contributed by atoms with van der Waals surface area (Å²) >= 11 is 7.59. The van der Waals surface area contributed by atoms with Crippen molar-refractivity contribution in [3.05, 3.63) is 45.6 Å². The summed E-state index contributed by atoms with van der Waals surface area (Å²) in [4.78, 5) is 0. The fraction of sp³-hybridized carbons (Fsp3) is 0.0714. The van der Waals surface area contributed by atoms with Crippen LogP contribution in [0.15, 0.2) is 35.0 Å². The highest BCUT2D eigenvalue weighted by molar-refractivity contribution is 7.08. The van der Waals surface area contributed by atoms with Crippen molar-refractivity contribution in [1.82, 2.24) is 10.2 Å². The second kappa shape index (κ2) is 4.72. The third-order valence-corrected chi connectivity index (χ3v) is 4.17. The molecule has 0 atom stereocenters. The molecule has 2 aromatic heterocycles. The number of aryl methyl sites for hydroxylation is 1. The zero-order chi connectivity index (χ0) is 13.4. The lowest BCUT2D eigenvalue weighted by atomic mass is 10.0. The summed E-state index contributed by atoms with van der Waals surface area (Å²) in [6.07, 6.45) is 0. The molecule has 0 aliphatic carbocycles. The molecule has 0 bridgehead atoms. The van der Waals surface area contributed by atoms with E-state index in [2.05, 4.69) is 27.9 Å². The fourth-order valence-corrected chi connectivity index (χ4v) is 3.04. The van der Waals surface area contributed by atoms with Crippen molar-refractivity contribution in [1.29, 1.82) is 0 Å². The Labute approximate surface area is 120 Å². The monoisotopic (exact) mass is 289 g/mol. The Bertz CT molecular complexity index is 713. The molecule has 0 aliphatic heterocycles. The number of halogens is 1. The van der Waals surface area contributed by atoms with Crippen LogP contribution in [0.2, 0.25) is 5.02 Å². The topological polar surface area (TPSA) is 54.7 Å². The van der Waals surface area contributed by atoms with E-state index >= 15 is 0 Å². The van der Waals surface area contributed by atoms with Crippen molar-refractivity contribution >= 4 is 28.8 Å². The molecule has 0 amide bonds. The van der Waals surface area contributed by atoms with Crippen molar-refractivity contribution in [2.45, 2.75) is 6.92 Å². The summed E-state index contributed by atoms with van der Waals surface area (Å²) in [6.45, 7) is 2.08. The van der Waals surface area contributed by atoms with Crippen LogP contribution in [0.25, 0.3) is 22.4 Å². The molecule has 5 heteroatoms.